The summed E-state index contributed by atoms with van der Waals surface area (Å²) in [6.07, 6.45) is 8.82. The van der Waals surface area contributed by atoms with Crippen molar-refractivity contribution in [1.29, 1.82) is 0 Å². The average molecular weight is 179 g/mol. The van der Waals surface area contributed by atoms with Crippen LogP contribution in [-0.2, 0) is 4.18 Å². The minimum absolute atomic E-state index is 1.03. The zero-order valence-electron chi connectivity index (χ0n) is 6.27. The van der Waals surface area contributed by atoms with Gasteiger partial charge in [0.15, 0.2) is 0 Å². The molecule has 0 aliphatic carbocycles. The zero-order valence-corrected chi connectivity index (χ0v) is 7.08. The van der Waals surface area contributed by atoms with Gasteiger partial charge in [-0.05, 0) is 18.2 Å². The third kappa shape index (κ3) is 1.51. The monoisotopic (exact) mass is 179 g/mol. The van der Waals surface area contributed by atoms with Gasteiger partial charge in [0.1, 0.15) is 6.26 Å². The molecule has 2 heterocycles. The van der Waals surface area contributed by atoms with E-state index in [1.54, 1.807) is 18.8 Å². The summed E-state index contributed by atoms with van der Waals surface area (Å²) < 4.78 is 10.1. The van der Waals surface area contributed by atoms with Crippen molar-refractivity contribution in [1.82, 2.24) is 0 Å². The van der Waals surface area contributed by atoms with E-state index in [1.807, 2.05) is 24.3 Å². The van der Waals surface area contributed by atoms with Crippen LogP contribution in [0.2, 0.25) is 0 Å². The summed E-state index contributed by atoms with van der Waals surface area (Å²) in [6.45, 7) is 0. The Bertz CT molecular complexity index is 317. The first kappa shape index (κ1) is 7.43. The van der Waals surface area contributed by atoms with Gasteiger partial charge in [-0.25, -0.2) is 4.42 Å². The lowest BCUT2D eigenvalue weighted by Gasteiger charge is -2.04. The molecule has 0 unspecified atom stereocenters. The minimum Gasteiger partial charge on any atom is -0.428 e. The van der Waals surface area contributed by atoms with E-state index in [0.29, 0.717) is 0 Å². The Balaban J connectivity index is 2.31. The lowest BCUT2D eigenvalue weighted by Crippen LogP contribution is -1.82. The van der Waals surface area contributed by atoms with Crippen molar-refractivity contribution < 1.29 is 8.60 Å². The molecule has 3 heteroatoms. The molecule has 1 aromatic heterocycles. The van der Waals surface area contributed by atoms with E-state index < -0.39 is 0 Å². The maximum absolute atomic E-state index is 5.06. The molecule has 0 spiro atoms. The molecule has 0 saturated carbocycles. The van der Waals surface area contributed by atoms with Gasteiger partial charge in [-0.2, -0.15) is 0 Å². The molecule has 60 valence electrons. The Hall–Kier alpha value is -1.22. The molecule has 0 amide bonds. The maximum atomic E-state index is 5.06. The summed E-state index contributed by atoms with van der Waals surface area (Å²) in [6, 6.07) is 3.83. The van der Waals surface area contributed by atoms with Crippen LogP contribution in [0.15, 0.2) is 47.5 Å². The minimum atomic E-state index is 1.03. The molecule has 1 aromatic rings. The summed E-state index contributed by atoms with van der Waals surface area (Å²) >= 11 is 1.33. The van der Waals surface area contributed by atoms with E-state index in [0.717, 1.165) is 10.5 Å². The SMILES string of the molecule is C1=COSC(c2ccc[o+]c2)=C1. The molecule has 0 aromatic carbocycles. The maximum Gasteiger partial charge on any atom is 0.326 e. The Kier molecular flexibility index (Phi) is 2.14. The van der Waals surface area contributed by atoms with Crippen LogP contribution in [0.3, 0.4) is 0 Å². The van der Waals surface area contributed by atoms with Crippen LogP contribution >= 0.6 is 12.0 Å². The highest BCUT2D eigenvalue weighted by molar-refractivity contribution is 8.04. The smallest absolute Gasteiger partial charge is 0.326 e. The molecule has 12 heavy (non-hydrogen) atoms. The Morgan fingerprint density at radius 3 is 3.08 bits per heavy atom. The lowest BCUT2D eigenvalue weighted by molar-refractivity contribution is 0.547. The largest absolute Gasteiger partial charge is 0.428 e. The van der Waals surface area contributed by atoms with Gasteiger partial charge in [0.05, 0.1) is 22.5 Å². The van der Waals surface area contributed by atoms with E-state index in [1.165, 1.54) is 12.0 Å². The fourth-order valence-corrected chi connectivity index (χ4v) is 1.46. The van der Waals surface area contributed by atoms with Crippen molar-refractivity contribution in [2.45, 2.75) is 0 Å². The van der Waals surface area contributed by atoms with Gasteiger partial charge in [0, 0.05) is 6.07 Å². The third-order valence-corrected chi connectivity index (χ3v) is 2.19. The van der Waals surface area contributed by atoms with Gasteiger partial charge in [-0.3, -0.25) is 0 Å². The van der Waals surface area contributed by atoms with Crippen LogP contribution in [-0.4, -0.2) is 0 Å². The van der Waals surface area contributed by atoms with Gasteiger partial charge in [-0.15, -0.1) is 0 Å². The average Bonchev–Trinajstić information content (AvgIpc) is 2.21. The number of rotatable bonds is 1. The summed E-state index contributed by atoms with van der Waals surface area (Å²) in [4.78, 5) is 1.06. The third-order valence-electron chi connectivity index (χ3n) is 1.43. The first-order chi connectivity index (χ1) is 5.97. The number of hydrogen-bond donors (Lipinski definition) is 0. The molecule has 0 radical (unpaired) electrons. The van der Waals surface area contributed by atoms with Crippen molar-refractivity contribution in [2.24, 2.45) is 0 Å². The molecule has 0 saturated heterocycles. The number of allylic oxidation sites excluding steroid dienone is 2. The Labute approximate surface area is 74.8 Å². The highest BCUT2D eigenvalue weighted by Crippen LogP contribution is 2.30. The van der Waals surface area contributed by atoms with Crippen molar-refractivity contribution in [3.05, 3.63) is 48.6 Å². The van der Waals surface area contributed by atoms with Crippen molar-refractivity contribution in [3.63, 3.8) is 0 Å². The van der Waals surface area contributed by atoms with Crippen molar-refractivity contribution >= 4 is 16.9 Å². The quantitative estimate of drug-likeness (QED) is 0.488. The predicted octanol–water partition coefficient (Wildman–Crippen LogP) is 3.09. The highest BCUT2D eigenvalue weighted by Gasteiger charge is 2.08. The van der Waals surface area contributed by atoms with E-state index in [-0.39, 0.29) is 0 Å². The van der Waals surface area contributed by atoms with E-state index >= 15 is 0 Å². The van der Waals surface area contributed by atoms with Crippen LogP contribution in [0.4, 0.5) is 0 Å². The summed E-state index contributed by atoms with van der Waals surface area (Å²) in [5, 5.41) is 0. The van der Waals surface area contributed by atoms with Gasteiger partial charge < -0.3 is 4.18 Å². The molecule has 2 nitrogen and oxygen atoms in total. The van der Waals surface area contributed by atoms with Crippen LogP contribution < -0.4 is 0 Å². The van der Waals surface area contributed by atoms with E-state index in [4.69, 9.17) is 8.60 Å². The van der Waals surface area contributed by atoms with Crippen LogP contribution in [0, 0.1) is 0 Å². The Morgan fingerprint density at radius 1 is 1.42 bits per heavy atom. The second-order valence-electron chi connectivity index (χ2n) is 2.24. The van der Waals surface area contributed by atoms with Crippen LogP contribution in [0.1, 0.15) is 5.56 Å². The number of hydrogen-bond acceptors (Lipinski definition) is 2. The molecular weight excluding hydrogens is 172 g/mol. The molecule has 0 atom stereocenters. The predicted molar refractivity (Wildman–Crippen MR) is 48.9 cm³/mol. The fraction of sp³-hybridized carbons (Fsp3) is 0. The summed E-state index contributed by atoms with van der Waals surface area (Å²) in [7, 11) is 0. The molecule has 0 fully saturated rings. The molecule has 0 N–H and O–H groups in total. The molecule has 1 aliphatic heterocycles. The second-order valence-corrected chi connectivity index (χ2v) is 3.04. The van der Waals surface area contributed by atoms with Gasteiger partial charge >= 0.3 is 12.5 Å². The Morgan fingerprint density at radius 2 is 2.42 bits per heavy atom. The van der Waals surface area contributed by atoms with Gasteiger partial charge in [0.2, 0.25) is 0 Å². The lowest BCUT2D eigenvalue weighted by atomic mass is 10.3. The topological polar surface area (TPSA) is 20.5 Å². The summed E-state index contributed by atoms with van der Waals surface area (Å²) in [5.74, 6) is 0. The highest BCUT2D eigenvalue weighted by atomic mass is 32.2. The molecule has 2 rings (SSSR count). The molecule has 0 bridgehead atoms. The molecule has 1 aliphatic rings. The normalized spacial score (nSPS) is 15.2. The van der Waals surface area contributed by atoms with Crippen LogP contribution in [0.5, 0.6) is 0 Å². The van der Waals surface area contributed by atoms with E-state index in [9.17, 15) is 0 Å². The zero-order chi connectivity index (χ0) is 8.23. The standard InChI is InChI=1S/C9H7O2S/c1-3-8(7-10-5-1)9-4-2-6-11-12-9/h1-7H/q+1. The summed E-state index contributed by atoms with van der Waals surface area (Å²) in [5.41, 5.74) is 1.03. The van der Waals surface area contributed by atoms with E-state index in [2.05, 4.69) is 0 Å². The molecular formula is C9H7O2S+. The van der Waals surface area contributed by atoms with Crippen LogP contribution in [0.25, 0.3) is 4.91 Å². The second kappa shape index (κ2) is 3.45. The van der Waals surface area contributed by atoms with Crippen molar-refractivity contribution in [2.75, 3.05) is 0 Å². The van der Waals surface area contributed by atoms with Gasteiger partial charge in [0.25, 0.3) is 0 Å². The van der Waals surface area contributed by atoms with Crippen molar-refractivity contribution in [3.8, 4) is 0 Å². The first-order valence-electron chi connectivity index (χ1n) is 3.53. The first-order valence-corrected chi connectivity index (χ1v) is 4.27. The fourth-order valence-electron chi connectivity index (χ4n) is 0.891. The van der Waals surface area contributed by atoms with Gasteiger partial charge in [-0.1, -0.05) is 0 Å².